The topological polar surface area (TPSA) is 127 Å². The van der Waals surface area contributed by atoms with Crippen LogP contribution in [0, 0.1) is 11.8 Å². The number of fused-ring (bicyclic) bond motifs is 1. The SMILES string of the molecule is COC(=O)[C@H](C[C@@H]1CCCCC1=O)NC(=O)[C@H](CC1CC1)NC(=O)c1cc2cc(OC)cc(Cl)c2[nH]1. The van der Waals surface area contributed by atoms with Crippen LogP contribution in [0.15, 0.2) is 18.2 Å². The number of amides is 2. The van der Waals surface area contributed by atoms with Crippen molar-refractivity contribution in [2.24, 2.45) is 11.8 Å². The summed E-state index contributed by atoms with van der Waals surface area (Å²) in [6.07, 6.45) is 5.58. The number of methoxy groups -OCH3 is 2. The molecule has 4 rings (SSSR count). The maximum absolute atomic E-state index is 13.3. The molecule has 2 aromatic rings. The lowest BCUT2D eigenvalue weighted by Crippen LogP contribution is -2.52. The Kier molecular flexibility index (Phi) is 8.18. The third kappa shape index (κ3) is 6.19. The van der Waals surface area contributed by atoms with Crippen LogP contribution < -0.4 is 15.4 Å². The van der Waals surface area contributed by atoms with Crippen molar-refractivity contribution in [1.29, 1.82) is 0 Å². The molecule has 36 heavy (non-hydrogen) atoms. The van der Waals surface area contributed by atoms with E-state index in [1.807, 2.05) is 0 Å². The van der Waals surface area contributed by atoms with Gasteiger partial charge in [0.05, 0.1) is 24.8 Å². The van der Waals surface area contributed by atoms with Crippen LogP contribution in [0.3, 0.4) is 0 Å². The molecule has 0 spiro atoms. The molecule has 0 aliphatic heterocycles. The number of hydrogen-bond donors (Lipinski definition) is 3. The van der Waals surface area contributed by atoms with Gasteiger partial charge in [-0.15, -0.1) is 0 Å². The highest BCUT2D eigenvalue weighted by Crippen LogP contribution is 2.34. The number of nitrogens with one attached hydrogen (secondary N) is 3. The van der Waals surface area contributed by atoms with E-state index in [1.165, 1.54) is 14.2 Å². The molecule has 0 saturated heterocycles. The molecule has 1 aromatic heterocycles. The van der Waals surface area contributed by atoms with Crippen LogP contribution in [0.5, 0.6) is 5.75 Å². The van der Waals surface area contributed by atoms with Gasteiger partial charge in [0.1, 0.15) is 29.3 Å². The molecule has 194 valence electrons. The highest BCUT2D eigenvalue weighted by atomic mass is 35.5. The Morgan fingerprint density at radius 2 is 1.83 bits per heavy atom. The van der Waals surface area contributed by atoms with E-state index in [4.69, 9.17) is 21.1 Å². The normalized spacial score (nSPS) is 19.4. The van der Waals surface area contributed by atoms with Gasteiger partial charge in [0.2, 0.25) is 5.91 Å². The quantitative estimate of drug-likeness (QED) is 0.414. The van der Waals surface area contributed by atoms with Crippen LogP contribution in [0.1, 0.15) is 61.9 Å². The molecule has 3 N–H and O–H groups in total. The first-order chi connectivity index (χ1) is 17.3. The van der Waals surface area contributed by atoms with Crippen LogP contribution in [-0.2, 0) is 19.1 Å². The molecule has 0 radical (unpaired) electrons. The molecule has 2 aliphatic rings. The number of carbonyl (C=O) groups excluding carboxylic acids is 4. The molecule has 2 aliphatic carbocycles. The minimum atomic E-state index is -0.951. The Hall–Kier alpha value is -3.07. The summed E-state index contributed by atoms with van der Waals surface area (Å²) in [6.45, 7) is 0. The summed E-state index contributed by atoms with van der Waals surface area (Å²) in [7, 11) is 2.79. The van der Waals surface area contributed by atoms with E-state index in [0.29, 0.717) is 46.9 Å². The first-order valence-corrected chi connectivity index (χ1v) is 12.7. The van der Waals surface area contributed by atoms with Crippen LogP contribution in [0.4, 0.5) is 0 Å². The molecular weight excluding hydrogens is 486 g/mol. The molecule has 9 nitrogen and oxygen atoms in total. The van der Waals surface area contributed by atoms with Crippen molar-refractivity contribution in [1.82, 2.24) is 15.6 Å². The fourth-order valence-electron chi connectivity index (χ4n) is 4.79. The minimum Gasteiger partial charge on any atom is -0.497 e. The summed E-state index contributed by atoms with van der Waals surface area (Å²) in [6, 6.07) is 3.27. The molecule has 2 fully saturated rings. The fourth-order valence-corrected chi connectivity index (χ4v) is 5.05. The zero-order chi connectivity index (χ0) is 25.8. The average Bonchev–Trinajstić information content (AvgIpc) is 3.58. The number of benzene rings is 1. The lowest BCUT2D eigenvalue weighted by Gasteiger charge is -2.26. The second kappa shape index (κ2) is 11.3. The molecule has 3 atom stereocenters. The van der Waals surface area contributed by atoms with Crippen molar-refractivity contribution >= 4 is 46.1 Å². The van der Waals surface area contributed by atoms with Crippen molar-refractivity contribution in [3.05, 3.63) is 28.9 Å². The predicted octanol–water partition coefficient (Wildman–Crippen LogP) is 3.54. The Morgan fingerprint density at radius 3 is 2.50 bits per heavy atom. The Bertz CT molecular complexity index is 1160. The Labute approximate surface area is 214 Å². The number of aromatic amines is 1. The standard InChI is InChI=1S/C26H32ClN3O6/c1-35-17-10-16-12-20(28-23(16)18(27)13-17)25(33)29-19(9-14-7-8-14)24(32)30-21(26(34)36-2)11-15-5-3-4-6-22(15)31/h10,12-15,19,21,28H,3-9,11H2,1-2H3,(H,29,33)(H,30,32)/t15-,19-,21-/m0/s1. The van der Waals surface area contributed by atoms with E-state index in [2.05, 4.69) is 15.6 Å². The molecule has 0 unspecified atom stereocenters. The minimum absolute atomic E-state index is 0.112. The maximum atomic E-state index is 13.3. The summed E-state index contributed by atoms with van der Waals surface area (Å²) in [4.78, 5) is 54.1. The second-order valence-corrected chi connectivity index (χ2v) is 10.1. The summed E-state index contributed by atoms with van der Waals surface area (Å²) >= 11 is 6.31. The summed E-state index contributed by atoms with van der Waals surface area (Å²) in [5, 5.41) is 6.68. The number of ketones is 1. The van der Waals surface area contributed by atoms with E-state index >= 15 is 0 Å². The molecule has 1 aromatic carbocycles. The number of hydrogen-bond acceptors (Lipinski definition) is 6. The van der Waals surface area contributed by atoms with Gasteiger partial charge in [0, 0.05) is 23.8 Å². The van der Waals surface area contributed by atoms with Crippen LogP contribution in [0.2, 0.25) is 5.02 Å². The van der Waals surface area contributed by atoms with E-state index in [1.54, 1.807) is 18.2 Å². The Morgan fingerprint density at radius 1 is 1.06 bits per heavy atom. The molecular formula is C26H32ClN3O6. The number of H-pyrrole nitrogens is 1. The van der Waals surface area contributed by atoms with Gasteiger partial charge in [-0.1, -0.05) is 30.9 Å². The summed E-state index contributed by atoms with van der Waals surface area (Å²) < 4.78 is 10.1. The summed E-state index contributed by atoms with van der Waals surface area (Å²) in [5.41, 5.74) is 0.847. The van der Waals surface area contributed by atoms with E-state index < -0.39 is 29.9 Å². The van der Waals surface area contributed by atoms with E-state index in [-0.39, 0.29) is 23.8 Å². The van der Waals surface area contributed by atoms with Gasteiger partial charge in [0.25, 0.3) is 5.91 Å². The van der Waals surface area contributed by atoms with Crippen LogP contribution in [0.25, 0.3) is 10.9 Å². The van der Waals surface area contributed by atoms with Crippen LogP contribution >= 0.6 is 11.6 Å². The highest BCUT2D eigenvalue weighted by molar-refractivity contribution is 6.35. The van der Waals surface area contributed by atoms with Crippen molar-refractivity contribution in [2.75, 3.05) is 14.2 Å². The monoisotopic (exact) mass is 517 g/mol. The van der Waals surface area contributed by atoms with Crippen molar-refractivity contribution in [3.8, 4) is 5.75 Å². The molecule has 10 heteroatoms. The first-order valence-electron chi connectivity index (χ1n) is 12.4. The molecule has 2 saturated carbocycles. The number of esters is 1. The third-order valence-corrected chi connectivity index (χ3v) is 7.32. The van der Waals surface area contributed by atoms with Crippen LogP contribution in [-0.4, -0.2) is 54.9 Å². The van der Waals surface area contributed by atoms with Crippen molar-refractivity contribution in [3.63, 3.8) is 0 Å². The molecule has 2 amide bonds. The number of rotatable bonds is 10. The van der Waals surface area contributed by atoms with Gasteiger partial charge in [-0.3, -0.25) is 14.4 Å². The second-order valence-electron chi connectivity index (χ2n) is 9.69. The highest BCUT2D eigenvalue weighted by Gasteiger charge is 2.35. The maximum Gasteiger partial charge on any atom is 0.328 e. The number of ether oxygens (including phenoxy) is 2. The average molecular weight is 518 g/mol. The summed E-state index contributed by atoms with van der Waals surface area (Å²) in [5.74, 6) is -0.802. The van der Waals surface area contributed by atoms with Gasteiger partial charge in [0.15, 0.2) is 0 Å². The van der Waals surface area contributed by atoms with E-state index in [0.717, 1.165) is 25.7 Å². The van der Waals surface area contributed by atoms with Gasteiger partial charge in [-0.25, -0.2) is 4.79 Å². The van der Waals surface area contributed by atoms with Gasteiger partial charge in [-0.05, 0) is 43.7 Å². The van der Waals surface area contributed by atoms with Gasteiger partial charge < -0.3 is 25.1 Å². The molecule has 0 bridgehead atoms. The van der Waals surface area contributed by atoms with Gasteiger partial charge in [-0.2, -0.15) is 0 Å². The third-order valence-electron chi connectivity index (χ3n) is 7.03. The number of Topliss-reactive ketones (excluding diaryl/α,β-unsaturated/α-hetero) is 1. The van der Waals surface area contributed by atoms with Crippen molar-refractivity contribution < 1.29 is 28.7 Å². The molecule has 1 heterocycles. The Balaban J connectivity index is 1.48. The number of carbonyl (C=O) groups is 4. The fraction of sp³-hybridized carbons (Fsp3) is 0.538. The lowest BCUT2D eigenvalue weighted by molar-refractivity contribution is -0.146. The van der Waals surface area contributed by atoms with Crippen molar-refractivity contribution in [2.45, 2.75) is 63.5 Å². The zero-order valence-electron chi connectivity index (χ0n) is 20.5. The predicted molar refractivity (Wildman–Crippen MR) is 134 cm³/mol. The number of aromatic nitrogens is 1. The first kappa shape index (κ1) is 26.0. The van der Waals surface area contributed by atoms with E-state index in [9.17, 15) is 19.2 Å². The largest absolute Gasteiger partial charge is 0.497 e. The lowest BCUT2D eigenvalue weighted by atomic mass is 9.83. The van der Waals surface area contributed by atoms with Gasteiger partial charge >= 0.3 is 5.97 Å². The number of halogens is 1. The smallest absolute Gasteiger partial charge is 0.328 e. The zero-order valence-corrected chi connectivity index (χ0v) is 21.3.